The number of thioether (sulfide) groups is 1. The van der Waals surface area contributed by atoms with Crippen molar-refractivity contribution in [1.82, 2.24) is 0 Å². The largest absolute Gasteiger partial charge is 0.417 e. The fourth-order valence-corrected chi connectivity index (χ4v) is 3.28. The second-order valence-corrected chi connectivity index (χ2v) is 11.6. The molecule has 0 spiro atoms. The molecule has 0 saturated heterocycles. The van der Waals surface area contributed by atoms with E-state index in [2.05, 4.69) is 69.9 Å². The molecule has 0 N–H and O–H groups in total. The van der Waals surface area contributed by atoms with Crippen molar-refractivity contribution in [2.45, 2.75) is 38.4 Å². The lowest BCUT2D eigenvalue weighted by molar-refractivity contribution is 0.278. The maximum absolute atomic E-state index is 5.94. The first-order valence-electron chi connectivity index (χ1n) is 6.86. The Morgan fingerprint density at radius 3 is 2.47 bits per heavy atom. The molecule has 0 heterocycles. The molecule has 1 aromatic rings. The Kier molecular flexibility index (Phi) is 6.90. The second-order valence-electron chi connectivity index (χ2n) is 6.02. The van der Waals surface area contributed by atoms with Crippen molar-refractivity contribution in [3.8, 4) is 0 Å². The summed E-state index contributed by atoms with van der Waals surface area (Å²) in [6.45, 7) is 12.0. The van der Waals surface area contributed by atoms with Gasteiger partial charge in [0.1, 0.15) is 0 Å². The van der Waals surface area contributed by atoms with Crippen LogP contribution in [-0.2, 0) is 4.43 Å². The van der Waals surface area contributed by atoms with Gasteiger partial charge in [0.25, 0.3) is 0 Å². The third kappa shape index (κ3) is 8.29. The third-order valence-corrected chi connectivity index (χ3v) is 4.80. The maximum atomic E-state index is 5.94. The molecule has 0 saturated carbocycles. The van der Waals surface area contributed by atoms with E-state index in [1.54, 1.807) is 0 Å². The molecular formula is C16H26OSSi. The Morgan fingerprint density at radius 2 is 1.89 bits per heavy atom. The molecule has 1 aromatic carbocycles. The molecule has 0 bridgehead atoms. The van der Waals surface area contributed by atoms with E-state index in [1.165, 1.54) is 10.5 Å². The summed E-state index contributed by atoms with van der Waals surface area (Å²) in [5, 5.41) is 0. The van der Waals surface area contributed by atoms with Crippen LogP contribution in [0.4, 0.5) is 0 Å². The van der Waals surface area contributed by atoms with E-state index in [0.29, 0.717) is 5.92 Å². The zero-order chi connectivity index (χ0) is 14.3. The van der Waals surface area contributed by atoms with Gasteiger partial charge < -0.3 is 4.43 Å². The van der Waals surface area contributed by atoms with Crippen LogP contribution in [0.25, 0.3) is 0 Å². The number of rotatable bonds is 7. The lowest BCUT2D eigenvalue weighted by atomic mass is 10.1. The van der Waals surface area contributed by atoms with Gasteiger partial charge in [-0.1, -0.05) is 36.8 Å². The molecule has 0 amide bonds. The quantitative estimate of drug-likeness (QED) is 0.388. The van der Waals surface area contributed by atoms with E-state index >= 15 is 0 Å². The van der Waals surface area contributed by atoms with Crippen LogP contribution in [0, 0.1) is 5.92 Å². The van der Waals surface area contributed by atoms with Crippen LogP contribution in [0.2, 0.25) is 19.6 Å². The first-order chi connectivity index (χ1) is 8.87. The number of hydrogen-bond acceptors (Lipinski definition) is 2. The summed E-state index contributed by atoms with van der Waals surface area (Å²) in [5.41, 5.74) is 1.43. The summed E-state index contributed by atoms with van der Waals surface area (Å²) in [6.07, 6.45) is 2.34. The van der Waals surface area contributed by atoms with Crippen LogP contribution >= 0.6 is 11.8 Å². The predicted molar refractivity (Wildman–Crippen MR) is 89.4 cm³/mol. The average molecular weight is 295 g/mol. The van der Waals surface area contributed by atoms with Gasteiger partial charge in [0.05, 0.1) is 0 Å². The lowest BCUT2D eigenvalue weighted by Gasteiger charge is -2.19. The van der Waals surface area contributed by atoms with Gasteiger partial charge in [0.2, 0.25) is 0 Å². The minimum atomic E-state index is -1.38. The van der Waals surface area contributed by atoms with Gasteiger partial charge in [-0.25, -0.2) is 0 Å². The molecule has 0 radical (unpaired) electrons. The minimum absolute atomic E-state index is 0.503. The van der Waals surface area contributed by atoms with E-state index < -0.39 is 8.32 Å². The molecule has 0 aliphatic heterocycles. The Balaban J connectivity index is 2.35. The normalized spacial score (nSPS) is 14.5. The SMILES string of the molecule is C/C(=C\C(C)CO[Si](C)(C)C)CSc1ccccc1. The molecule has 0 aliphatic carbocycles. The van der Waals surface area contributed by atoms with Gasteiger partial charge in [-0.2, -0.15) is 0 Å². The Morgan fingerprint density at radius 1 is 1.26 bits per heavy atom. The zero-order valence-corrected chi connectivity index (χ0v) is 14.6. The van der Waals surface area contributed by atoms with Crippen molar-refractivity contribution in [3.05, 3.63) is 42.0 Å². The second kappa shape index (κ2) is 7.93. The van der Waals surface area contributed by atoms with Gasteiger partial charge in [-0.15, -0.1) is 11.8 Å². The summed E-state index contributed by atoms with van der Waals surface area (Å²) in [6, 6.07) is 10.6. The molecule has 0 aliphatic rings. The summed E-state index contributed by atoms with van der Waals surface area (Å²) < 4.78 is 5.94. The predicted octanol–water partition coefficient (Wildman–Crippen LogP) is 5.21. The van der Waals surface area contributed by atoms with Crippen molar-refractivity contribution in [2.75, 3.05) is 12.4 Å². The summed E-state index contributed by atoms with van der Waals surface area (Å²) in [4.78, 5) is 1.33. The topological polar surface area (TPSA) is 9.23 Å². The lowest BCUT2D eigenvalue weighted by Crippen LogP contribution is -2.27. The highest BCUT2D eigenvalue weighted by molar-refractivity contribution is 7.99. The van der Waals surface area contributed by atoms with Gasteiger partial charge in [0, 0.05) is 17.3 Å². The van der Waals surface area contributed by atoms with Crippen molar-refractivity contribution in [3.63, 3.8) is 0 Å². The highest BCUT2D eigenvalue weighted by Crippen LogP contribution is 2.20. The van der Waals surface area contributed by atoms with Crippen LogP contribution < -0.4 is 0 Å². The maximum Gasteiger partial charge on any atom is 0.183 e. The van der Waals surface area contributed by atoms with E-state index in [1.807, 2.05) is 11.8 Å². The highest BCUT2D eigenvalue weighted by atomic mass is 32.2. The van der Waals surface area contributed by atoms with Crippen molar-refractivity contribution < 1.29 is 4.43 Å². The molecule has 1 atom stereocenters. The molecule has 19 heavy (non-hydrogen) atoms. The fourth-order valence-electron chi connectivity index (χ4n) is 1.68. The summed E-state index contributed by atoms with van der Waals surface area (Å²) in [7, 11) is -1.38. The Labute approximate surface area is 123 Å². The van der Waals surface area contributed by atoms with Gasteiger partial charge in [0.15, 0.2) is 8.32 Å². The molecule has 1 nitrogen and oxygen atoms in total. The summed E-state index contributed by atoms with van der Waals surface area (Å²) in [5.74, 6) is 1.56. The highest BCUT2D eigenvalue weighted by Gasteiger charge is 2.14. The molecule has 0 aromatic heterocycles. The Bertz CT molecular complexity index is 395. The van der Waals surface area contributed by atoms with Gasteiger partial charge in [-0.05, 0) is 44.6 Å². The Hall–Kier alpha value is -0.513. The molecule has 106 valence electrons. The fraction of sp³-hybridized carbons (Fsp3) is 0.500. The van der Waals surface area contributed by atoms with Crippen molar-refractivity contribution in [1.29, 1.82) is 0 Å². The molecular weight excluding hydrogens is 268 g/mol. The first kappa shape index (κ1) is 16.5. The van der Waals surface area contributed by atoms with Crippen LogP contribution in [0.3, 0.4) is 0 Å². The van der Waals surface area contributed by atoms with Crippen LogP contribution in [-0.4, -0.2) is 20.7 Å². The smallest absolute Gasteiger partial charge is 0.183 e. The summed E-state index contributed by atoms with van der Waals surface area (Å²) >= 11 is 1.89. The monoisotopic (exact) mass is 294 g/mol. The van der Waals surface area contributed by atoms with Crippen molar-refractivity contribution in [2.24, 2.45) is 5.92 Å². The molecule has 1 unspecified atom stereocenters. The molecule has 1 rings (SSSR count). The first-order valence-corrected chi connectivity index (χ1v) is 11.3. The van der Waals surface area contributed by atoms with Gasteiger partial charge in [-0.3, -0.25) is 0 Å². The van der Waals surface area contributed by atoms with Crippen molar-refractivity contribution >= 4 is 20.1 Å². The van der Waals surface area contributed by atoms with Crippen LogP contribution in [0.1, 0.15) is 13.8 Å². The van der Waals surface area contributed by atoms with E-state index in [4.69, 9.17) is 4.43 Å². The minimum Gasteiger partial charge on any atom is -0.417 e. The molecule has 3 heteroatoms. The van der Waals surface area contributed by atoms with Crippen LogP contribution in [0.5, 0.6) is 0 Å². The third-order valence-electron chi connectivity index (χ3n) is 2.56. The number of benzene rings is 1. The standard InChI is InChI=1S/C16H26OSSi/c1-14(12-17-19(3,4)5)11-15(2)13-18-16-9-7-6-8-10-16/h6-11,14H,12-13H2,1-5H3/b15-11+. The van der Waals surface area contributed by atoms with Gasteiger partial charge >= 0.3 is 0 Å². The van der Waals surface area contributed by atoms with E-state index in [0.717, 1.165) is 12.4 Å². The average Bonchev–Trinajstić information content (AvgIpc) is 2.34. The number of hydrogen-bond donors (Lipinski definition) is 0. The van der Waals surface area contributed by atoms with Crippen LogP contribution in [0.15, 0.2) is 46.9 Å². The zero-order valence-electron chi connectivity index (χ0n) is 12.8. The van der Waals surface area contributed by atoms with E-state index in [9.17, 15) is 0 Å². The molecule has 0 fully saturated rings. The van der Waals surface area contributed by atoms with E-state index in [-0.39, 0.29) is 0 Å².